The number of ketones is 1. The Morgan fingerprint density at radius 2 is 2.08 bits per heavy atom. The summed E-state index contributed by atoms with van der Waals surface area (Å²) in [5.41, 5.74) is 2.23. The fourth-order valence-corrected chi connectivity index (χ4v) is 2.04. The Morgan fingerprint density at radius 3 is 2.50 bits per heavy atom. The molecule has 0 aromatic carbocycles. The zero-order valence-electron chi connectivity index (χ0n) is 7.91. The number of hydrogen-bond acceptors (Lipinski definition) is 1. The van der Waals surface area contributed by atoms with Crippen LogP contribution in [0.2, 0.25) is 0 Å². The first-order valence-electron chi connectivity index (χ1n) is 4.31. The van der Waals surface area contributed by atoms with E-state index in [0.717, 1.165) is 18.4 Å². The van der Waals surface area contributed by atoms with Crippen LogP contribution in [-0.2, 0) is 4.79 Å². The predicted octanol–water partition coefficient (Wildman–Crippen LogP) is 3.23. The normalized spacial score (nSPS) is 30.7. The number of carbonyl (C=O) groups is 1. The van der Waals surface area contributed by atoms with E-state index in [9.17, 15) is 4.79 Å². The molecule has 1 saturated carbocycles. The lowest BCUT2D eigenvalue weighted by Crippen LogP contribution is -2.27. The van der Waals surface area contributed by atoms with Crippen LogP contribution < -0.4 is 0 Å². The second-order valence-corrected chi connectivity index (χ2v) is 5.91. The van der Waals surface area contributed by atoms with Crippen LogP contribution >= 0.6 is 15.9 Å². The number of alkyl halides is 1. The molecule has 2 heteroatoms. The summed E-state index contributed by atoms with van der Waals surface area (Å²) < 4.78 is 0.0447. The lowest BCUT2D eigenvalue weighted by Gasteiger charge is -2.28. The first-order chi connectivity index (χ1) is 5.42. The quantitative estimate of drug-likeness (QED) is 0.462. The highest BCUT2D eigenvalue weighted by Crippen LogP contribution is 2.36. The van der Waals surface area contributed by atoms with Crippen molar-refractivity contribution in [2.24, 2.45) is 0 Å². The summed E-state index contributed by atoms with van der Waals surface area (Å²) in [6.07, 6.45) is 2.65. The van der Waals surface area contributed by atoms with Crippen molar-refractivity contribution in [1.82, 2.24) is 0 Å². The monoisotopic (exact) mass is 230 g/mol. The van der Waals surface area contributed by atoms with Crippen LogP contribution in [0.5, 0.6) is 0 Å². The summed E-state index contributed by atoms with van der Waals surface area (Å²) in [6.45, 7) is 6.13. The Labute approximate surface area is 82.4 Å². The first-order valence-corrected chi connectivity index (χ1v) is 5.10. The second-order valence-electron chi connectivity index (χ2n) is 3.99. The molecule has 0 N–H and O–H groups in total. The standard InChI is InChI=1S/C10H15BrO/c1-7(2)8-4-5-10(3,11)6-9(8)12/h4-6H2,1-3H3. The lowest BCUT2D eigenvalue weighted by atomic mass is 9.84. The maximum Gasteiger partial charge on any atom is 0.160 e. The molecule has 0 aromatic rings. The Balaban J connectivity index is 2.81. The van der Waals surface area contributed by atoms with E-state index in [4.69, 9.17) is 0 Å². The summed E-state index contributed by atoms with van der Waals surface area (Å²) in [5.74, 6) is 0.320. The van der Waals surface area contributed by atoms with E-state index in [2.05, 4.69) is 22.9 Å². The molecule has 0 amide bonds. The van der Waals surface area contributed by atoms with Gasteiger partial charge in [-0.1, -0.05) is 21.5 Å². The molecule has 1 unspecified atom stereocenters. The van der Waals surface area contributed by atoms with Gasteiger partial charge in [0.25, 0.3) is 0 Å². The maximum atomic E-state index is 11.6. The van der Waals surface area contributed by atoms with Gasteiger partial charge in [0.05, 0.1) is 0 Å². The fraction of sp³-hybridized carbons (Fsp3) is 0.700. The van der Waals surface area contributed by atoms with Gasteiger partial charge in [0.2, 0.25) is 0 Å². The van der Waals surface area contributed by atoms with Crippen molar-refractivity contribution >= 4 is 21.7 Å². The van der Waals surface area contributed by atoms with Crippen molar-refractivity contribution in [1.29, 1.82) is 0 Å². The minimum atomic E-state index is 0.0447. The van der Waals surface area contributed by atoms with E-state index in [0.29, 0.717) is 12.2 Å². The molecule has 1 atom stereocenters. The van der Waals surface area contributed by atoms with Crippen molar-refractivity contribution in [2.45, 2.75) is 44.4 Å². The van der Waals surface area contributed by atoms with Crippen LogP contribution in [0.15, 0.2) is 11.1 Å². The van der Waals surface area contributed by atoms with Gasteiger partial charge in [0, 0.05) is 10.7 Å². The second kappa shape index (κ2) is 3.33. The predicted molar refractivity (Wildman–Crippen MR) is 54.6 cm³/mol. The summed E-state index contributed by atoms with van der Waals surface area (Å²) >= 11 is 3.57. The number of carbonyl (C=O) groups excluding carboxylic acids is 1. The van der Waals surface area contributed by atoms with Crippen LogP contribution in [-0.4, -0.2) is 10.1 Å². The van der Waals surface area contributed by atoms with E-state index >= 15 is 0 Å². The van der Waals surface area contributed by atoms with E-state index < -0.39 is 0 Å². The third kappa shape index (κ3) is 2.19. The fourth-order valence-electron chi connectivity index (χ4n) is 1.58. The first kappa shape index (κ1) is 9.97. The van der Waals surface area contributed by atoms with Crippen LogP contribution in [0.4, 0.5) is 0 Å². The molecule has 0 saturated heterocycles. The van der Waals surface area contributed by atoms with Gasteiger partial charge >= 0.3 is 0 Å². The minimum absolute atomic E-state index is 0.0447. The van der Waals surface area contributed by atoms with Crippen molar-refractivity contribution < 1.29 is 4.79 Å². The number of allylic oxidation sites excluding steroid dienone is 2. The molecule has 0 bridgehead atoms. The smallest absolute Gasteiger partial charge is 0.160 e. The number of halogens is 1. The number of Topliss-reactive ketones (excluding diaryl/α,β-unsaturated/α-hetero) is 1. The third-order valence-corrected chi connectivity index (χ3v) is 3.04. The molecule has 12 heavy (non-hydrogen) atoms. The molecular weight excluding hydrogens is 216 g/mol. The van der Waals surface area contributed by atoms with Gasteiger partial charge in [0.1, 0.15) is 0 Å². The summed E-state index contributed by atoms with van der Waals surface area (Å²) in [6, 6.07) is 0. The van der Waals surface area contributed by atoms with Crippen LogP contribution in [0.25, 0.3) is 0 Å². The molecule has 1 aliphatic carbocycles. The van der Waals surface area contributed by atoms with Crippen LogP contribution in [0.3, 0.4) is 0 Å². The van der Waals surface area contributed by atoms with Gasteiger partial charge in [-0.3, -0.25) is 4.79 Å². The van der Waals surface area contributed by atoms with Crippen molar-refractivity contribution in [3.05, 3.63) is 11.1 Å². The maximum absolute atomic E-state index is 11.6. The Morgan fingerprint density at radius 1 is 1.50 bits per heavy atom. The molecule has 1 rings (SSSR count). The highest BCUT2D eigenvalue weighted by atomic mass is 79.9. The molecule has 68 valence electrons. The highest BCUT2D eigenvalue weighted by Gasteiger charge is 2.31. The molecular formula is C10H15BrO. The topological polar surface area (TPSA) is 17.1 Å². The van der Waals surface area contributed by atoms with Crippen molar-refractivity contribution in [3.63, 3.8) is 0 Å². The molecule has 1 aliphatic rings. The SMILES string of the molecule is CC(C)=C1CCC(C)(Br)CC1=O. The molecule has 0 aliphatic heterocycles. The third-order valence-electron chi connectivity index (χ3n) is 2.37. The van der Waals surface area contributed by atoms with E-state index in [1.807, 2.05) is 13.8 Å². The van der Waals surface area contributed by atoms with Crippen molar-refractivity contribution in [2.75, 3.05) is 0 Å². The summed E-state index contributed by atoms with van der Waals surface area (Å²) in [4.78, 5) is 11.6. The molecule has 1 fully saturated rings. The van der Waals surface area contributed by atoms with Gasteiger partial charge in [-0.25, -0.2) is 0 Å². The van der Waals surface area contributed by atoms with Gasteiger partial charge in [-0.2, -0.15) is 0 Å². The Bertz CT molecular complexity index is 234. The zero-order valence-corrected chi connectivity index (χ0v) is 9.49. The van der Waals surface area contributed by atoms with Gasteiger partial charge in [-0.05, 0) is 39.2 Å². The molecule has 0 aromatic heterocycles. The van der Waals surface area contributed by atoms with Gasteiger partial charge in [-0.15, -0.1) is 0 Å². The van der Waals surface area contributed by atoms with E-state index in [-0.39, 0.29) is 4.32 Å². The average molecular weight is 231 g/mol. The molecule has 0 spiro atoms. The molecule has 0 radical (unpaired) electrons. The molecule has 0 heterocycles. The largest absolute Gasteiger partial charge is 0.295 e. The average Bonchev–Trinajstić information content (AvgIpc) is 1.83. The highest BCUT2D eigenvalue weighted by molar-refractivity contribution is 9.10. The number of hydrogen-bond donors (Lipinski definition) is 0. The number of rotatable bonds is 0. The molecule has 1 nitrogen and oxygen atoms in total. The summed E-state index contributed by atoms with van der Waals surface area (Å²) in [5, 5.41) is 0. The van der Waals surface area contributed by atoms with Crippen molar-refractivity contribution in [3.8, 4) is 0 Å². The Kier molecular flexibility index (Phi) is 2.77. The minimum Gasteiger partial charge on any atom is -0.295 e. The zero-order chi connectivity index (χ0) is 9.35. The van der Waals surface area contributed by atoms with Gasteiger partial charge in [0.15, 0.2) is 5.78 Å². The lowest BCUT2D eigenvalue weighted by molar-refractivity contribution is -0.117. The Hall–Kier alpha value is -0.110. The van der Waals surface area contributed by atoms with Gasteiger partial charge < -0.3 is 0 Å². The van der Waals surface area contributed by atoms with Crippen LogP contribution in [0, 0.1) is 0 Å². The van der Waals surface area contributed by atoms with E-state index in [1.165, 1.54) is 5.57 Å². The van der Waals surface area contributed by atoms with E-state index in [1.54, 1.807) is 0 Å². The summed E-state index contributed by atoms with van der Waals surface area (Å²) in [7, 11) is 0. The van der Waals surface area contributed by atoms with Crippen LogP contribution in [0.1, 0.15) is 40.0 Å².